The van der Waals surface area contributed by atoms with Crippen molar-refractivity contribution in [3.05, 3.63) is 42.4 Å². The zero-order valence-electron chi connectivity index (χ0n) is 8.01. The SMILES string of the molecule is CCc1cncc(-c2cccnn2)c1. The molecule has 14 heavy (non-hydrogen) atoms. The fourth-order valence-electron chi connectivity index (χ4n) is 1.28. The number of nitrogens with zero attached hydrogens (tertiary/aromatic N) is 3. The van der Waals surface area contributed by atoms with Gasteiger partial charge >= 0.3 is 0 Å². The zero-order valence-corrected chi connectivity index (χ0v) is 8.01. The maximum absolute atomic E-state index is 4.16. The van der Waals surface area contributed by atoms with Crippen LogP contribution >= 0.6 is 0 Å². The molecule has 0 fully saturated rings. The van der Waals surface area contributed by atoms with E-state index in [9.17, 15) is 0 Å². The second-order valence-corrected chi connectivity index (χ2v) is 3.04. The molecular weight excluding hydrogens is 174 g/mol. The van der Waals surface area contributed by atoms with E-state index in [1.165, 1.54) is 5.56 Å². The lowest BCUT2D eigenvalue weighted by Crippen LogP contribution is -1.89. The maximum Gasteiger partial charge on any atom is 0.0945 e. The van der Waals surface area contributed by atoms with E-state index in [1.807, 2.05) is 24.5 Å². The Bertz CT molecular complexity index is 412. The minimum absolute atomic E-state index is 0.871. The van der Waals surface area contributed by atoms with Crippen molar-refractivity contribution in [3.8, 4) is 11.3 Å². The molecule has 3 nitrogen and oxygen atoms in total. The van der Waals surface area contributed by atoms with Gasteiger partial charge in [-0.25, -0.2) is 0 Å². The quantitative estimate of drug-likeness (QED) is 0.719. The van der Waals surface area contributed by atoms with Crippen LogP contribution in [-0.2, 0) is 6.42 Å². The fourth-order valence-corrected chi connectivity index (χ4v) is 1.28. The topological polar surface area (TPSA) is 38.7 Å². The lowest BCUT2D eigenvalue weighted by Gasteiger charge is -2.00. The molecule has 0 aliphatic rings. The normalized spacial score (nSPS) is 10.1. The van der Waals surface area contributed by atoms with Crippen LogP contribution in [0.5, 0.6) is 0 Å². The molecule has 0 radical (unpaired) electrons. The Morgan fingerprint density at radius 1 is 1.29 bits per heavy atom. The Morgan fingerprint density at radius 2 is 2.21 bits per heavy atom. The van der Waals surface area contributed by atoms with E-state index in [0.29, 0.717) is 0 Å². The van der Waals surface area contributed by atoms with Crippen molar-refractivity contribution in [1.82, 2.24) is 15.2 Å². The number of aryl methyl sites for hydroxylation is 1. The molecule has 0 aliphatic heterocycles. The summed E-state index contributed by atoms with van der Waals surface area (Å²) in [4.78, 5) is 4.16. The summed E-state index contributed by atoms with van der Waals surface area (Å²) in [5.74, 6) is 0. The van der Waals surface area contributed by atoms with Gasteiger partial charge in [0.05, 0.1) is 5.69 Å². The highest BCUT2D eigenvalue weighted by Gasteiger charge is 1.99. The molecule has 0 atom stereocenters. The summed E-state index contributed by atoms with van der Waals surface area (Å²) in [6.45, 7) is 2.11. The number of pyridine rings is 1. The predicted octanol–water partition coefficient (Wildman–Crippen LogP) is 2.10. The first-order valence-electron chi connectivity index (χ1n) is 4.62. The van der Waals surface area contributed by atoms with Gasteiger partial charge in [-0.2, -0.15) is 10.2 Å². The average molecular weight is 185 g/mol. The fraction of sp³-hybridized carbons (Fsp3) is 0.182. The minimum Gasteiger partial charge on any atom is -0.264 e. The van der Waals surface area contributed by atoms with Gasteiger partial charge in [0.1, 0.15) is 0 Å². The van der Waals surface area contributed by atoms with Crippen LogP contribution in [0.1, 0.15) is 12.5 Å². The lowest BCUT2D eigenvalue weighted by molar-refractivity contribution is 1.03. The Kier molecular flexibility index (Phi) is 2.49. The minimum atomic E-state index is 0.871. The van der Waals surface area contributed by atoms with Crippen molar-refractivity contribution in [2.24, 2.45) is 0 Å². The van der Waals surface area contributed by atoms with Gasteiger partial charge in [0.2, 0.25) is 0 Å². The highest BCUT2D eigenvalue weighted by Crippen LogP contribution is 2.15. The molecule has 70 valence electrons. The van der Waals surface area contributed by atoms with Crippen molar-refractivity contribution >= 4 is 0 Å². The van der Waals surface area contributed by atoms with Gasteiger partial charge in [0.15, 0.2) is 0 Å². The number of hydrogen-bond acceptors (Lipinski definition) is 3. The van der Waals surface area contributed by atoms with Crippen LogP contribution in [0.4, 0.5) is 0 Å². The van der Waals surface area contributed by atoms with Gasteiger partial charge < -0.3 is 0 Å². The summed E-state index contributed by atoms with van der Waals surface area (Å²) in [7, 11) is 0. The second kappa shape index (κ2) is 3.96. The van der Waals surface area contributed by atoms with E-state index in [1.54, 1.807) is 6.20 Å². The van der Waals surface area contributed by atoms with Gasteiger partial charge in [-0.3, -0.25) is 4.98 Å². The molecule has 0 amide bonds. The van der Waals surface area contributed by atoms with Gasteiger partial charge in [-0.05, 0) is 30.2 Å². The molecular formula is C11H11N3. The predicted molar refractivity (Wildman–Crippen MR) is 54.6 cm³/mol. The summed E-state index contributed by atoms with van der Waals surface area (Å²) in [5.41, 5.74) is 3.11. The first-order chi connectivity index (χ1) is 6.90. The molecule has 3 heteroatoms. The highest BCUT2D eigenvalue weighted by molar-refractivity contribution is 5.57. The lowest BCUT2D eigenvalue weighted by atomic mass is 10.1. The largest absolute Gasteiger partial charge is 0.264 e. The van der Waals surface area contributed by atoms with E-state index in [-0.39, 0.29) is 0 Å². The highest BCUT2D eigenvalue weighted by atomic mass is 15.1. The van der Waals surface area contributed by atoms with Gasteiger partial charge in [-0.15, -0.1) is 0 Å². The van der Waals surface area contributed by atoms with Crippen molar-refractivity contribution in [1.29, 1.82) is 0 Å². The molecule has 0 saturated carbocycles. The average Bonchev–Trinajstić information content (AvgIpc) is 2.30. The van der Waals surface area contributed by atoms with Crippen molar-refractivity contribution < 1.29 is 0 Å². The van der Waals surface area contributed by atoms with Crippen molar-refractivity contribution in [3.63, 3.8) is 0 Å². The standard InChI is InChI=1S/C11H11N3/c1-2-9-6-10(8-12-7-9)11-4-3-5-13-14-11/h3-8H,2H2,1H3. The second-order valence-electron chi connectivity index (χ2n) is 3.04. The molecule has 0 spiro atoms. The Hall–Kier alpha value is -1.77. The third-order valence-corrected chi connectivity index (χ3v) is 2.07. The molecule has 2 aromatic rings. The van der Waals surface area contributed by atoms with Crippen LogP contribution in [0.15, 0.2) is 36.8 Å². The number of rotatable bonds is 2. The molecule has 0 N–H and O–H groups in total. The van der Waals surface area contributed by atoms with Gasteiger partial charge in [0.25, 0.3) is 0 Å². The maximum atomic E-state index is 4.16. The van der Waals surface area contributed by atoms with Crippen LogP contribution < -0.4 is 0 Å². The molecule has 0 aromatic carbocycles. The van der Waals surface area contributed by atoms with Crippen LogP contribution in [0.25, 0.3) is 11.3 Å². The van der Waals surface area contributed by atoms with Gasteiger partial charge in [0, 0.05) is 24.2 Å². The number of aromatic nitrogens is 3. The zero-order chi connectivity index (χ0) is 9.80. The smallest absolute Gasteiger partial charge is 0.0945 e. The first-order valence-corrected chi connectivity index (χ1v) is 4.62. The van der Waals surface area contributed by atoms with Crippen LogP contribution in [0.3, 0.4) is 0 Å². The Morgan fingerprint density at radius 3 is 2.93 bits per heavy atom. The van der Waals surface area contributed by atoms with Crippen LogP contribution in [-0.4, -0.2) is 15.2 Å². The first kappa shape index (κ1) is 8.81. The summed E-state index contributed by atoms with van der Waals surface area (Å²) >= 11 is 0. The van der Waals surface area contributed by atoms with E-state index in [2.05, 4.69) is 28.2 Å². The summed E-state index contributed by atoms with van der Waals surface area (Å²) in [6.07, 6.45) is 6.34. The van der Waals surface area contributed by atoms with Crippen LogP contribution in [0.2, 0.25) is 0 Å². The van der Waals surface area contributed by atoms with E-state index < -0.39 is 0 Å². The van der Waals surface area contributed by atoms with Crippen molar-refractivity contribution in [2.75, 3.05) is 0 Å². The van der Waals surface area contributed by atoms with Crippen LogP contribution in [0, 0.1) is 0 Å². The summed E-state index contributed by atoms with van der Waals surface area (Å²) in [6, 6.07) is 5.90. The van der Waals surface area contributed by atoms with E-state index in [0.717, 1.165) is 17.7 Å². The van der Waals surface area contributed by atoms with Gasteiger partial charge in [-0.1, -0.05) is 6.92 Å². The molecule has 2 aromatic heterocycles. The molecule has 0 bridgehead atoms. The Labute approximate surface area is 82.8 Å². The third kappa shape index (κ3) is 1.76. The van der Waals surface area contributed by atoms with E-state index in [4.69, 9.17) is 0 Å². The van der Waals surface area contributed by atoms with E-state index >= 15 is 0 Å². The summed E-state index contributed by atoms with van der Waals surface area (Å²) < 4.78 is 0. The van der Waals surface area contributed by atoms with Crippen molar-refractivity contribution in [2.45, 2.75) is 13.3 Å². The molecule has 0 aliphatic carbocycles. The molecule has 2 rings (SSSR count). The molecule has 2 heterocycles. The molecule has 0 unspecified atom stereocenters. The third-order valence-electron chi connectivity index (χ3n) is 2.07. The monoisotopic (exact) mass is 185 g/mol. The number of hydrogen-bond donors (Lipinski definition) is 0. The summed E-state index contributed by atoms with van der Waals surface area (Å²) in [5, 5.41) is 7.87. The Balaban J connectivity index is 2.42. The molecule has 0 saturated heterocycles.